The van der Waals surface area contributed by atoms with Gasteiger partial charge in [0.15, 0.2) is 0 Å². The number of hydrogen-bond acceptors (Lipinski definition) is 4. The summed E-state index contributed by atoms with van der Waals surface area (Å²) in [5.41, 5.74) is 5.87. The highest BCUT2D eigenvalue weighted by atomic mass is 32.1. The number of rotatable bonds is 5. The zero-order chi connectivity index (χ0) is 13.8. The molecule has 4 heteroatoms. The zero-order valence-corrected chi connectivity index (χ0v) is 12.7. The molecule has 0 bridgehead atoms. The molecule has 3 rings (SSSR count). The molecule has 1 aromatic carbocycles. The van der Waals surface area contributed by atoms with Crippen molar-refractivity contribution in [2.24, 2.45) is 0 Å². The molecular weight excluding hydrogens is 266 g/mol. The Morgan fingerprint density at radius 1 is 1.20 bits per heavy atom. The van der Waals surface area contributed by atoms with Crippen LogP contribution in [0.5, 0.6) is 0 Å². The first-order valence-corrected chi connectivity index (χ1v) is 8.15. The number of anilines is 1. The van der Waals surface area contributed by atoms with E-state index in [4.69, 9.17) is 0 Å². The summed E-state index contributed by atoms with van der Waals surface area (Å²) in [7, 11) is 0. The van der Waals surface area contributed by atoms with E-state index in [0.717, 1.165) is 18.8 Å². The van der Waals surface area contributed by atoms with Crippen molar-refractivity contribution in [3.05, 3.63) is 45.9 Å². The van der Waals surface area contributed by atoms with Crippen LogP contribution < -0.4 is 10.2 Å². The molecule has 0 unspecified atom stereocenters. The Kier molecular flexibility index (Phi) is 4.33. The van der Waals surface area contributed by atoms with E-state index in [-0.39, 0.29) is 0 Å². The van der Waals surface area contributed by atoms with Crippen LogP contribution in [0.1, 0.15) is 29.0 Å². The van der Waals surface area contributed by atoms with Crippen LogP contribution in [0.15, 0.2) is 29.8 Å². The standard InChI is InChI=1S/C16H21N3S/c1-13-16(20-12-18-13)11-17-10-14-6-2-3-7-15(14)19-8-4-5-9-19/h2-3,6-7,12,17H,4-5,8-11H2,1H3. The Hall–Kier alpha value is -1.39. The van der Waals surface area contributed by atoms with Crippen LogP contribution in [0.4, 0.5) is 5.69 Å². The summed E-state index contributed by atoms with van der Waals surface area (Å²) >= 11 is 1.73. The molecule has 0 saturated carbocycles. The number of aryl methyl sites for hydroxylation is 1. The van der Waals surface area contributed by atoms with Gasteiger partial charge in [-0.3, -0.25) is 0 Å². The molecule has 0 aliphatic carbocycles. The number of benzene rings is 1. The minimum atomic E-state index is 0.908. The van der Waals surface area contributed by atoms with E-state index in [9.17, 15) is 0 Å². The van der Waals surface area contributed by atoms with E-state index >= 15 is 0 Å². The van der Waals surface area contributed by atoms with E-state index in [1.807, 2.05) is 5.51 Å². The van der Waals surface area contributed by atoms with Crippen molar-refractivity contribution in [2.75, 3.05) is 18.0 Å². The molecule has 106 valence electrons. The maximum Gasteiger partial charge on any atom is 0.0798 e. The molecule has 0 spiro atoms. The fourth-order valence-electron chi connectivity index (χ4n) is 2.73. The number of hydrogen-bond donors (Lipinski definition) is 1. The predicted molar refractivity (Wildman–Crippen MR) is 85.3 cm³/mol. The van der Waals surface area contributed by atoms with E-state index in [2.05, 4.69) is 46.4 Å². The van der Waals surface area contributed by atoms with Crippen molar-refractivity contribution in [3.8, 4) is 0 Å². The Morgan fingerprint density at radius 3 is 2.75 bits per heavy atom. The van der Waals surface area contributed by atoms with Crippen LogP contribution in [-0.2, 0) is 13.1 Å². The molecule has 1 N–H and O–H groups in total. The maximum absolute atomic E-state index is 4.29. The Balaban J connectivity index is 1.63. The summed E-state index contributed by atoms with van der Waals surface area (Å²) < 4.78 is 0. The van der Waals surface area contributed by atoms with Crippen LogP contribution in [0.25, 0.3) is 0 Å². The van der Waals surface area contributed by atoms with Gasteiger partial charge in [-0.2, -0.15) is 0 Å². The lowest BCUT2D eigenvalue weighted by atomic mass is 10.1. The molecule has 1 fully saturated rings. The maximum atomic E-state index is 4.29. The molecule has 1 aliphatic heterocycles. The molecule has 1 aromatic heterocycles. The van der Waals surface area contributed by atoms with Gasteiger partial charge >= 0.3 is 0 Å². The molecule has 1 saturated heterocycles. The van der Waals surface area contributed by atoms with Crippen LogP contribution in [0.2, 0.25) is 0 Å². The summed E-state index contributed by atoms with van der Waals surface area (Å²) in [6, 6.07) is 8.76. The average molecular weight is 287 g/mol. The highest BCUT2D eigenvalue weighted by Gasteiger charge is 2.14. The summed E-state index contributed by atoms with van der Waals surface area (Å²) in [4.78, 5) is 8.14. The minimum Gasteiger partial charge on any atom is -0.371 e. The largest absolute Gasteiger partial charge is 0.371 e. The lowest BCUT2D eigenvalue weighted by Gasteiger charge is -2.21. The van der Waals surface area contributed by atoms with Gasteiger partial charge < -0.3 is 10.2 Å². The van der Waals surface area contributed by atoms with Crippen molar-refractivity contribution in [3.63, 3.8) is 0 Å². The summed E-state index contributed by atoms with van der Waals surface area (Å²) in [6.07, 6.45) is 2.64. The molecule has 2 heterocycles. The summed E-state index contributed by atoms with van der Waals surface area (Å²) in [5, 5.41) is 3.55. The van der Waals surface area contributed by atoms with Crippen LogP contribution in [-0.4, -0.2) is 18.1 Å². The van der Waals surface area contributed by atoms with E-state index in [1.165, 1.54) is 42.1 Å². The second-order valence-corrected chi connectivity index (χ2v) is 6.23. The van der Waals surface area contributed by atoms with Crippen molar-refractivity contribution in [2.45, 2.75) is 32.9 Å². The molecule has 2 aromatic rings. The number of para-hydroxylation sites is 1. The highest BCUT2D eigenvalue weighted by Crippen LogP contribution is 2.24. The molecule has 1 aliphatic rings. The van der Waals surface area contributed by atoms with Gasteiger partial charge in [0.2, 0.25) is 0 Å². The zero-order valence-electron chi connectivity index (χ0n) is 11.9. The van der Waals surface area contributed by atoms with Crippen molar-refractivity contribution >= 4 is 17.0 Å². The number of nitrogens with one attached hydrogen (secondary N) is 1. The molecular formula is C16H21N3S. The minimum absolute atomic E-state index is 0.908. The van der Waals surface area contributed by atoms with Crippen LogP contribution in [0.3, 0.4) is 0 Å². The Labute approximate surface area is 124 Å². The fraction of sp³-hybridized carbons (Fsp3) is 0.438. The van der Waals surface area contributed by atoms with Gasteiger partial charge in [0.05, 0.1) is 11.2 Å². The number of nitrogens with zero attached hydrogens (tertiary/aromatic N) is 2. The van der Waals surface area contributed by atoms with E-state index in [0.29, 0.717) is 0 Å². The SMILES string of the molecule is Cc1ncsc1CNCc1ccccc1N1CCCC1. The van der Waals surface area contributed by atoms with Gasteiger partial charge in [0, 0.05) is 36.7 Å². The monoisotopic (exact) mass is 287 g/mol. The van der Waals surface area contributed by atoms with Crippen molar-refractivity contribution < 1.29 is 0 Å². The molecule has 0 amide bonds. The predicted octanol–water partition coefficient (Wildman–Crippen LogP) is 3.34. The third-order valence-corrected chi connectivity index (χ3v) is 4.82. The van der Waals surface area contributed by atoms with E-state index < -0.39 is 0 Å². The first-order valence-electron chi connectivity index (χ1n) is 7.27. The van der Waals surface area contributed by atoms with Crippen molar-refractivity contribution in [1.82, 2.24) is 10.3 Å². The second kappa shape index (κ2) is 6.37. The van der Waals surface area contributed by atoms with Gasteiger partial charge in [0.1, 0.15) is 0 Å². The van der Waals surface area contributed by atoms with Gasteiger partial charge in [-0.15, -0.1) is 11.3 Å². The van der Waals surface area contributed by atoms with E-state index in [1.54, 1.807) is 11.3 Å². The average Bonchev–Trinajstić information content (AvgIpc) is 3.12. The van der Waals surface area contributed by atoms with Crippen LogP contribution in [0, 0.1) is 6.92 Å². The molecule has 0 atom stereocenters. The third kappa shape index (κ3) is 3.02. The van der Waals surface area contributed by atoms with Gasteiger partial charge in [0.25, 0.3) is 0 Å². The van der Waals surface area contributed by atoms with Gasteiger partial charge in [-0.05, 0) is 31.4 Å². The van der Waals surface area contributed by atoms with Crippen LogP contribution >= 0.6 is 11.3 Å². The fourth-order valence-corrected chi connectivity index (χ4v) is 3.48. The van der Waals surface area contributed by atoms with Gasteiger partial charge in [-0.1, -0.05) is 18.2 Å². The second-order valence-electron chi connectivity index (χ2n) is 5.29. The normalized spacial score (nSPS) is 14.9. The first kappa shape index (κ1) is 13.6. The Bertz CT molecular complexity index is 558. The Morgan fingerprint density at radius 2 is 2.00 bits per heavy atom. The van der Waals surface area contributed by atoms with Gasteiger partial charge in [-0.25, -0.2) is 4.98 Å². The quantitative estimate of drug-likeness (QED) is 0.914. The van der Waals surface area contributed by atoms with Crippen molar-refractivity contribution in [1.29, 1.82) is 0 Å². The topological polar surface area (TPSA) is 28.2 Å². The highest BCUT2D eigenvalue weighted by molar-refractivity contribution is 7.09. The first-order chi connectivity index (χ1) is 9.84. The molecule has 3 nitrogen and oxygen atoms in total. The summed E-state index contributed by atoms with van der Waals surface area (Å²) in [5.74, 6) is 0. The molecule has 0 radical (unpaired) electrons. The lowest BCUT2D eigenvalue weighted by molar-refractivity contribution is 0.695. The third-order valence-electron chi connectivity index (χ3n) is 3.88. The number of aromatic nitrogens is 1. The molecule has 20 heavy (non-hydrogen) atoms. The number of thiazole rings is 1. The summed E-state index contributed by atoms with van der Waals surface area (Å²) in [6.45, 7) is 6.30. The smallest absolute Gasteiger partial charge is 0.0798 e. The lowest BCUT2D eigenvalue weighted by Crippen LogP contribution is -2.21.